The van der Waals surface area contributed by atoms with Gasteiger partial charge in [0.1, 0.15) is 0 Å². The van der Waals surface area contributed by atoms with Crippen LogP contribution in [-0.2, 0) is 9.59 Å². The number of nitrogens with zero attached hydrogens (tertiary/aromatic N) is 4. The van der Waals surface area contributed by atoms with E-state index in [1.807, 2.05) is 11.0 Å². The summed E-state index contributed by atoms with van der Waals surface area (Å²) in [6.07, 6.45) is 4.18. The first kappa shape index (κ1) is 35.3. The van der Waals surface area contributed by atoms with E-state index in [4.69, 9.17) is 46.4 Å². The van der Waals surface area contributed by atoms with Crippen molar-refractivity contribution in [2.45, 2.75) is 50.5 Å². The van der Waals surface area contributed by atoms with E-state index in [1.54, 1.807) is 44.4 Å². The largest absolute Gasteiger partial charge is 0.411 e. The molecule has 2 saturated heterocycles. The Bertz CT molecular complexity index is 1400. The summed E-state index contributed by atoms with van der Waals surface area (Å²) in [4.78, 5) is 44.1. The quantitative estimate of drug-likeness (QED) is 0.165. The number of carbonyl (C=O) groups is 3. The molecule has 1 unspecified atom stereocenters. The van der Waals surface area contributed by atoms with Crippen LogP contribution in [0.2, 0.25) is 20.1 Å². The van der Waals surface area contributed by atoms with Crippen molar-refractivity contribution in [3.8, 4) is 0 Å². The fourth-order valence-corrected chi connectivity index (χ4v) is 7.13. The Morgan fingerprint density at radius 2 is 1.71 bits per heavy atom. The van der Waals surface area contributed by atoms with Gasteiger partial charge in [-0.25, -0.2) is 0 Å². The minimum absolute atomic E-state index is 0.0563. The number of oxime groups is 1. The molecule has 2 aliphatic rings. The van der Waals surface area contributed by atoms with Gasteiger partial charge in [0.2, 0.25) is 11.8 Å². The monoisotopic (exact) mass is 697 g/mol. The Kier molecular flexibility index (Phi) is 12.8. The fraction of sp³-hybridized carbons (Fsp3) is 0.500. The van der Waals surface area contributed by atoms with E-state index in [9.17, 15) is 19.6 Å². The highest BCUT2D eigenvalue weighted by Crippen LogP contribution is 2.31. The van der Waals surface area contributed by atoms with E-state index in [1.165, 1.54) is 4.90 Å². The highest BCUT2D eigenvalue weighted by atomic mass is 35.5. The summed E-state index contributed by atoms with van der Waals surface area (Å²) >= 11 is 24.8. The van der Waals surface area contributed by atoms with Gasteiger partial charge in [-0.05, 0) is 74.5 Å². The third kappa shape index (κ3) is 9.26. The molecule has 2 atom stereocenters. The van der Waals surface area contributed by atoms with Crippen molar-refractivity contribution in [1.29, 1.82) is 0 Å². The van der Waals surface area contributed by atoms with Gasteiger partial charge in [-0.15, -0.1) is 0 Å². The molecule has 9 nitrogen and oxygen atoms in total. The minimum atomic E-state index is -0.352. The van der Waals surface area contributed by atoms with E-state index < -0.39 is 0 Å². The molecule has 0 aromatic heterocycles. The lowest BCUT2D eigenvalue weighted by molar-refractivity contribution is -0.144. The first-order valence-electron chi connectivity index (χ1n) is 15.1. The molecule has 4 rings (SSSR count). The summed E-state index contributed by atoms with van der Waals surface area (Å²) in [5.41, 5.74) is 1.54. The summed E-state index contributed by atoms with van der Waals surface area (Å²) in [6, 6.07) is 10.1. The number of hydrogen-bond donors (Lipinski definition) is 2. The zero-order chi connectivity index (χ0) is 32.7. The van der Waals surface area contributed by atoms with Gasteiger partial charge in [0.05, 0.1) is 22.3 Å². The molecule has 2 heterocycles. The number of halogens is 4. The molecule has 0 bridgehead atoms. The summed E-state index contributed by atoms with van der Waals surface area (Å²) in [7, 11) is 3.22. The maximum absolute atomic E-state index is 13.2. The number of carbonyl (C=O) groups excluding carboxylic acids is 3. The van der Waals surface area contributed by atoms with E-state index in [2.05, 4.69) is 15.4 Å². The lowest BCUT2D eigenvalue weighted by Crippen LogP contribution is -2.52. The van der Waals surface area contributed by atoms with E-state index >= 15 is 0 Å². The van der Waals surface area contributed by atoms with Crippen LogP contribution in [0.1, 0.15) is 60.4 Å². The Balaban J connectivity index is 1.42. The second kappa shape index (κ2) is 16.3. The summed E-state index contributed by atoms with van der Waals surface area (Å²) in [5, 5.41) is 18.0. The van der Waals surface area contributed by atoms with Gasteiger partial charge in [0.15, 0.2) is 0 Å². The number of benzene rings is 2. The van der Waals surface area contributed by atoms with Gasteiger partial charge in [-0.1, -0.05) is 57.6 Å². The molecular weight excluding hydrogens is 660 g/mol. The number of rotatable bonds is 11. The van der Waals surface area contributed by atoms with Crippen LogP contribution < -0.4 is 5.32 Å². The third-order valence-electron chi connectivity index (χ3n) is 8.76. The maximum atomic E-state index is 13.2. The van der Waals surface area contributed by atoms with E-state index in [0.29, 0.717) is 44.3 Å². The average Bonchev–Trinajstić information content (AvgIpc) is 3.02. The number of hydrogen-bond acceptors (Lipinski definition) is 6. The van der Waals surface area contributed by atoms with Crippen LogP contribution in [0.15, 0.2) is 41.6 Å². The van der Waals surface area contributed by atoms with Gasteiger partial charge in [-0.2, -0.15) is 0 Å². The molecule has 0 saturated carbocycles. The van der Waals surface area contributed by atoms with Crippen LogP contribution in [-0.4, -0.2) is 96.2 Å². The lowest BCUT2D eigenvalue weighted by atomic mass is 9.89. The fourth-order valence-electron chi connectivity index (χ4n) is 6.30. The highest BCUT2D eigenvalue weighted by molar-refractivity contribution is 6.42. The topological polar surface area (TPSA) is 106 Å². The summed E-state index contributed by atoms with van der Waals surface area (Å²) in [6.45, 7) is 3.10. The van der Waals surface area contributed by atoms with Crippen molar-refractivity contribution in [3.05, 3.63) is 67.6 Å². The second-order valence-electron chi connectivity index (χ2n) is 11.7. The van der Waals surface area contributed by atoms with Crippen LogP contribution in [0, 0.1) is 5.92 Å². The van der Waals surface area contributed by atoms with Gasteiger partial charge in [-0.3, -0.25) is 14.4 Å². The second-order valence-corrected chi connectivity index (χ2v) is 13.4. The zero-order valence-corrected chi connectivity index (χ0v) is 28.5. The molecule has 2 aromatic carbocycles. The van der Waals surface area contributed by atoms with Crippen molar-refractivity contribution in [2.75, 3.05) is 46.8 Å². The van der Waals surface area contributed by atoms with Crippen molar-refractivity contribution < 1.29 is 19.6 Å². The van der Waals surface area contributed by atoms with Gasteiger partial charge in [0, 0.05) is 73.6 Å². The molecule has 2 N–H and O–H groups in total. The molecule has 0 radical (unpaired) electrons. The number of likely N-dealkylation sites (tertiary alicyclic amines) is 2. The zero-order valence-electron chi connectivity index (χ0n) is 25.4. The number of amides is 3. The van der Waals surface area contributed by atoms with Gasteiger partial charge in [0.25, 0.3) is 5.91 Å². The van der Waals surface area contributed by atoms with E-state index in [0.717, 1.165) is 50.9 Å². The van der Waals surface area contributed by atoms with Crippen molar-refractivity contribution >= 4 is 69.8 Å². The van der Waals surface area contributed by atoms with Crippen LogP contribution in [0.4, 0.5) is 0 Å². The number of piperidine rings is 2. The van der Waals surface area contributed by atoms with Gasteiger partial charge < -0.3 is 25.2 Å². The first-order chi connectivity index (χ1) is 21.5. The maximum Gasteiger partial charge on any atom is 0.254 e. The van der Waals surface area contributed by atoms with Gasteiger partial charge >= 0.3 is 0 Å². The lowest BCUT2D eigenvalue weighted by Gasteiger charge is -2.42. The third-order valence-corrected chi connectivity index (χ3v) is 9.93. The normalized spacial score (nSPS) is 19.0. The molecule has 45 heavy (non-hydrogen) atoms. The van der Waals surface area contributed by atoms with Crippen molar-refractivity contribution in [3.63, 3.8) is 0 Å². The Hall–Kier alpha value is -2.56. The predicted octanol–water partition coefficient (Wildman–Crippen LogP) is 6.22. The Labute approximate surface area is 284 Å². The van der Waals surface area contributed by atoms with Crippen molar-refractivity contribution in [1.82, 2.24) is 20.0 Å². The molecular formula is C32H39Cl4N5O4. The molecule has 2 fully saturated rings. The highest BCUT2D eigenvalue weighted by Gasteiger charge is 2.36. The average molecular weight is 700 g/mol. The van der Waals surface area contributed by atoms with Crippen LogP contribution in [0.25, 0.3) is 0 Å². The van der Waals surface area contributed by atoms with Crippen molar-refractivity contribution in [2.24, 2.45) is 11.1 Å². The molecule has 0 spiro atoms. The molecule has 3 amide bonds. The first-order valence-corrected chi connectivity index (χ1v) is 16.6. The summed E-state index contributed by atoms with van der Waals surface area (Å²) in [5.74, 6) is -0.932. The smallest absolute Gasteiger partial charge is 0.254 e. The molecule has 2 aliphatic heterocycles. The minimum Gasteiger partial charge on any atom is -0.411 e. The molecule has 244 valence electrons. The standard InChI is InChI=1S/C32H39Cl4N5O4/c1-37-30(42)17-21-4-3-10-41(32(21)44)25-7-11-40(12-8-25)13-9-26(20-5-6-27(35)28(36)16-20)29(38-45)19-39(2)31(43)22-14-23(33)18-24(34)15-22/h5-6,14-16,18,21,25-26,45H,3-4,7-13,17,19H2,1-2H3,(H,37,42)/b38-29+/t21?,26-/m1/s1. The van der Waals surface area contributed by atoms with Crippen LogP contribution in [0.5, 0.6) is 0 Å². The molecule has 0 aliphatic carbocycles. The van der Waals surface area contributed by atoms with Crippen LogP contribution in [0.3, 0.4) is 0 Å². The Morgan fingerprint density at radius 3 is 2.33 bits per heavy atom. The van der Waals surface area contributed by atoms with E-state index in [-0.39, 0.29) is 48.6 Å². The van der Waals surface area contributed by atoms with Crippen LogP contribution >= 0.6 is 46.4 Å². The molecule has 2 aromatic rings. The summed E-state index contributed by atoms with van der Waals surface area (Å²) < 4.78 is 0. The number of nitrogens with one attached hydrogen (secondary N) is 1. The molecule has 13 heteroatoms. The predicted molar refractivity (Wildman–Crippen MR) is 179 cm³/mol. The SMILES string of the molecule is CNC(=O)CC1CCCN(C2CCN(CC[C@@H](/C(CN(C)C(=O)c3cc(Cl)cc(Cl)c3)=N/O)c3ccc(Cl)c(Cl)c3)CC2)C1=O. The Morgan fingerprint density at radius 1 is 1.02 bits per heavy atom.